The van der Waals surface area contributed by atoms with Crippen molar-refractivity contribution in [3.8, 4) is 11.5 Å². The number of fused-ring (bicyclic) bond motifs is 1. The molecule has 0 fully saturated rings. The molecule has 2 atom stereocenters. The molecule has 2 aromatic rings. The molecule has 2 heterocycles. The van der Waals surface area contributed by atoms with Crippen LogP contribution in [0.25, 0.3) is 0 Å². The first-order valence-corrected chi connectivity index (χ1v) is 6.04. The largest absolute Gasteiger partial charge is 0.485 e. The van der Waals surface area contributed by atoms with Crippen LogP contribution in [0.5, 0.6) is 11.5 Å². The molecule has 1 aromatic carbocycles. The van der Waals surface area contributed by atoms with Gasteiger partial charge in [0, 0.05) is 0 Å². The molecule has 0 aliphatic carbocycles. The van der Waals surface area contributed by atoms with Gasteiger partial charge in [0.25, 0.3) is 0 Å². The van der Waals surface area contributed by atoms with E-state index in [1.807, 2.05) is 24.3 Å². The molecule has 0 radical (unpaired) electrons. The molecule has 2 unspecified atom stereocenters. The Labute approximate surface area is 109 Å². The summed E-state index contributed by atoms with van der Waals surface area (Å²) in [6.45, 7) is 2.12. The monoisotopic (exact) mass is 266 g/mol. The van der Waals surface area contributed by atoms with E-state index in [2.05, 4.69) is 10.1 Å². The van der Waals surface area contributed by atoms with Crippen molar-refractivity contribution in [2.24, 2.45) is 0 Å². The summed E-state index contributed by atoms with van der Waals surface area (Å²) in [5, 5.41) is 3.54. The van der Waals surface area contributed by atoms with Crippen LogP contribution in [0.4, 0.5) is 0 Å². The number of para-hydroxylation sites is 2. The second-order valence-electron chi connectivity index (χ2n) is 3.97. The van der Waals surface area contributed by atoms with Gasteiger partial charge in [-0.3, -0.25) is 0 Å². The first kappa shape index (κ1) is 11.3. The fraction of sp³-hybridized carbons (Fsp3) is 0.333. The number of hydrogen-bond donors (Lipinski definition) is 0. The summed E-state index contributed by atoms with van der Waals surface area (Å²) in [6.07, 6.45) is -0.368. The van der Waals surface area contributed by atoms with Crippen molar-refractivity contribution >= 4 is 11.6 Å². The molecule has 0 N–H and O–H groups in total. The Kier molecular flexibility index (Phi) is 2.83. The van der Waals surface area contributed by atoms with Gasteiger partial charge >= 0.3 is 0 Å². The Hall–Kier alpha value is -1.75. The van der Waals surface area contributed by atoms with E-state index in [4.69, 9.17) is 25.6 Å². The smallest absolute Gasteiger partial charge is 0.244 e. The highest BCUT2D eigenvalue weighted by Gasteiger charge is 2.27. The molecule has 3 rings (SSSR count). The van der Waals surface area contributed by atoms with E-state index in [0.29, 0.717) is 24.1 Å². The zero-order valence-corrected chi connectivity index (χ0v) is 10.4. The van der Waals surface area contributed by atoms with Crippen LogP contribution in [0.2, 0.25) is 0 Å². The van der Waals surface area contributed by atoms with E-state index in [1.165, 1.54) is 0 Å². The SMILES string of the molecule is CC(Cl)c1nc(C2COc3ccccc3O2)no1. The Morgan fingerprint density at radius 1 is 1.33 bits per heavy atom. The van der Waals surface area contributed by atoms with Crippen molar-refractivity contribution in [3.05, 3.63) is 36.0 Å². The number of halogens is 1. The third-order valence-corrected chi connectivity index (χ3v) is 2.78. The van der Waals surface area contributed by atoms with Crippen molar-refractivity contribution < 1.29 is 14.0 Å². The third kappa shape index (κ3) is 2.01. The van der Waals surface area contributed by atoms with Crippen LogP contribution >= 0.6 is 11.6 Å². The van der Waals surface area contributed by atoms with Crippen molar-refractivity contribution in [1.82, 2.24) is 10.1 Å². The van der Waals surface area contributed by atoms with Crippen LogP contribution < -0.4 is 9.47 Å². The molecular weight excluding hydrogens is 256 g/mol. The minimum atomic E-state index is -0.368. The maximum atomic E-state index is 5.87. The van der Waals surface area contributed by atoms with Crippen LogP contribution in [0.1, 0.15) is 30.1 Å². The average Bonchev–Trinajstić information content (AvgIpc) is 2.88. The number of alkyl halides is 1. The Bertz CT molecular complexity index is 556. The number of nitrogens with zero attached hydrogens (tertiary/aromatic N) is 2. The minimum absolute atomic E-state index is 0.317. The maximum Gasteiger partial charge on any atom is 0.244 e. The summed E-state index contributed by atoms with van der Waals surface area (Å²) >= 11 is 5.87. The third-order valence-electron chi connectivity index (χ3n) is 2.59. The second-order valence-corrected chi connectivity index (χ2v) is 4.63. The average molecular weight is 267 g/mol. The van der Waals surface area contributed by atoms with E-state index in [1.54, 1.807) is 6.92 Å². The zero-order valence-electron chi connectivity index (χ0n) is 9.67. The maximum absolute atomic E-state index is 5.87. The quantitative estimate of drug-likeness (QED) is 0.782. The van der Waals surface area contributed by atoms with Gasteiger partial charge in [0.2, 0.25) is 11.7 Å². The molecule has 0 bridgehead atoms. The summed E-state index contributed by atoms with van der Waals surface area (Å²) in [4.78, 5) is 4.19. The van der Waals surface area contributed by atoms with Crippen LogP contribution in [0.15, 0.2) is 28.8 Å². The fourth-order valence-electron chi connectivity index (χ4n) is 1.69. The van der Waals surface area contributed by atoms with Gasteiger partial charge in [-0.15, -0.1) is 11.6 Å². The standard InChI is InChI=1S/C12H11ClN2O3/c1-7(13)12-14-11(15-18-12)10-6-16-8-4-2-3-5-9(8)17-10/h2-5,7,10H,6H2,1H3. The predicted molar refractivity (Wildman–Crippen MR) is 63.9 cm³/mol. The molecule has 94 valence electrons. The molecule has 5 nitrogen and oxygen atoms in total. The molecule has 1 aliphatic heterocycles. The highest BCUT2D eigenvalue weighted by molar-refractivity contribution is 6.20. The second kappa shape index (κ2) is 4.49. The van der Waals surface area contributed by atoms with Gasteiger partial charge in [-0.05, 0) is 19.1 Å². The zero-order chi connectivity index (χ0) is 12.5. The molecule has 18 heavy (non-hydrogen) atoms. The summed E-state index contributed by atoms with van der Waals surface area (Å²) < 4.78 is 16.4. The Morgan fingerprint density at radius 2 is 2.11 bits per heavy atom. The topological polar surface area (TPSA) is 57.4 Å². The number of hydrogen-bond acceptors (Lipinski definition) is 5. The lowest BCUT2D eigenvalue weighted by atomic mass is 10.2. The van der Waals surface area contributed by atoms with Gasteiger partial charge in [0.15, 0.2) is 17.6 Å². The molecular formula is C12H11ClN2O3. The molecule has 6 heteroatoms. The fourth-order valence-corrected chi connectivity index (χ4v) is 1.78. The highest BCUT2D eigenvalue weighted by Crippen LogP contribution is 2.35. The summed E-state index contributed by atoms with van der Waals surface area (Å²) in [5.74, 6) is 2.24. The summed E-state index contributed by atoms with van der Waals surface area (Å²) in [6, 6.07) is 7.47. The lowest BCUT2D eigenvalue weighted by molar-refractivity contribution is 0.0832. The predicted octanol–water partition coefficient (Wildman–Crippen LogP) is 2.88. The van der Waals surface area contributed by atoms with E-state index < -0.39 is 0 Å². The molecule has 1 aliphatic rings. The van der Waals surface area contributed by atoms with Gasteiger partial charge in [-0.25, -0.2) is 0 Å². The van der Waals surface area contributed by atoms with E-state index in [-0.39, 0.29) is 11.5 Å². The number of aromatic nitrogens is 2. The first-order chi connectivity index (χ1) is 8.74. The number of ether oxygens (including phenoxy) is 2. The van der Waals surface area contributed by atoms with Gasteiger partial charge in [0.1, 0.15) is 12.0 Å². The van der Waals surface area contributed by atoms with E-state index >= 15 is 0 Å². The van der Waals surface area contributed by atoms with Crippen molar-refractivity contribution in [3.63, 3.8) is 0 Å². The van der Waals surface area contributed by atoms with Crippen molar-refractivity contribution in [1.29, 1.82) is 0 Å². The molecule has 0 saturated heterocycles. The lowest BCUT2D eigenvalue weighted by Gasteiger charge is -2.24. The molecule has 0 spiro atoms. The summed E-state index contributed by atoms with van der Waals surface area (Å²) in [7, 11) is 0. The van der Waals surface area contributed by atoms with Gasteiger partial charge < -0.3 is 14.0 Å². The van der Waals surface area contributed by atoms with Crippen molar-refractivity contribution in [2.75, 3.05) is 6.61 Å². The molecule has 1 aromatic heterocycles. The Morgan fingerprint density at radius 3 is 2.83 bits per heavy atom. The lowest BCUT2D eigenvalue weighted by Crippen LogP contribution is -2.22. The first-order valence-electron chi connectivity index (χ1n) is 5.60. The number of benzene rings is 1. The molecule has 0 saturated carbocycles. The van der Waals surface area contributed by atoms with E-state index in [0.717, 1.165) is 5.75 Å². The highest BCUT2D eigenvalue weighted by atomic mass is 35.5. The number of rotatable bonds is 2. The van der Waals surface area contributed by atoms with E-state index in [9.17, 15) is 0 Å². The molecule has 0 amide bonds. The van der Waals surface area contributed by atoms with Gasteiger partial charge in [-0.1, -0.05) is 17.3 Å². The van der Waals surface area contributed by atoms with Crippen molar-refractivity contribution in [2.45, 2.75) is 18.4 Å². The van der Waals surface area contributed by atoms with Crippen LogP contribution in [0.3, 0.4) is 0 Å². The van der Waals surface area contributed by atoms with Crippen LogP contribution in [0, 0.1) is 0 Å². The van der Waals surface area contributed by atoms with Gasteiger partial charge in [-0.2, -0.15) is 4.98 Å². The van der Waals surface area contributed by atoms with Crippen LogP contribution in [-0.4, -0.2) is 16.7 Å². The normalized spacial score (nSPS) is 19.6. The van der Waals surface area contributed by atoms with Gasteiger partial charge in [0.05, 0.1) is 0 Å². The minimum Gasteiger partial charge on any atom is -0.485 e. The Balaban J connectivity index is 1.83. The van der Waals surface area contributed by atoms with Crippen LogP contribution in [-0.2, 0) is 0 Å². The summed E-state index contributed by atoms with van der Waals surface area (Å²) in [5.41, 5.74) is 0.